The molecule has 2 aliphatic rings. The Morgan fingerprint density at radius 3 is 2.58 bits per heavy atom. The Labute approximate surface area is 211 Å². The predicted molar refractivity (Wildman–Crippen MR) is 129 cm³/mol. The van der Waals surface area contributed by atoms with Crippen molar-refractivity contribution < 1.29 is 22.7 Å². The highest BCUT2D eigenvalue weighted by Gasteiger charge is 2.48. The number of hydrogen-bond acceptors (Lipinski definition) is 7. The van der Waals surface area contributed by atoms with Gasteiger partial charge in [-0.15, -0.1) is 17.5 Å². The Hall–Kier alpha value is -3.47. The van der Waals surface area contributed by atoms with Gasteiger partial charge in [0.2, 0.25) is 0 Å². The van der Waals surface area contributed by atoms with Crippen LogP contribution in [0.15, 0.2) is 54.9 Å². The first-order valence-corrected chi connectivity index (χ1v) is 11.3. The molecule has 0 bridgehead atoms. The van der Waals surface area contributed by atoms with Gasteiger partial charge in [0.15, 0.2) is 5.82 Å². The van der Waals surface area contributed by atoms with E-state index in [1.165, 1.54) is 23.2 Å². The van der Waals surface area contributed by atoms with Crippen LogP contribution in [0.25, 0.3) is 11.3 Å². The van der Waals surface area contributed by atoms with Gasteiger partial charge < -0.3 is 10.1 Å². The molecule has 1 aliphatic heterocycles. The standard InChI is InChI=1S/C24H23F3N6O2.ClH/c25-24(26,27)19-4-1-3-18(31-19)17-6-7-20(29-14-17)28-13-16-8-10-23(11-9-16)15-33(22(34)35-23)21-5-2-12-30-32-21;/h1-7,12,14,16H,8-11,13,15H2,(H,28,29);1H. The monoisotopic (exact) mass is 520 g/mol. The highest BCUT2D eigenvalue weighted by atomic mass is 35.5. The van der Waals surface area contributed by atoms with Crippen LogP contribution in [0.1, 0.15) is 31.4 Å². The van der Waals surface area contributed by atoms with E-state index in [0.29, 0.717) is 36.2 Å². The van der Waals surface area contributed by atoms with Crippen molar-refractivity contribution >= 4 is 30.1 Å². The van der Waals surface area contributed by atoms with Gasteiger partial charge in [0.25, 0.3) is 0 Å². The molecule has 0 radical (unpaired) electrons. The van der Waals surface area contributed by atoms with E-state index < -0.39 is 17.5 Å². The van der Waals surface area contributed by atoms with Crippen LogP contribution in [0, 0.1) is 5.92 Å². The van der Waals surface area contributed by atoms with Gasteiger partial charge in [0.1, 0.15) is 17.1 Å². The summed E-state index contributed by atoms with van der Waals surface area (Å²) in [5.41, 5.74) is -0.696. The summed E-state index contributed by atoms with van der Waals surface area (Å²) in [6, 6.07) is 10.7. The molecule has 1 amide bonds. The van der Waals surface area contributed by atoms with E-state index in [-0.39, 0.29) is 24.2 Å². The van der Waals surface area contributed by atoms with E-state index >= 15 is 0 Å². The van der Waals surface area contributed by atoms with Crippen molar-refractivity contribution in [1.82, 2.24) is 20.2 Å². The number of ether oxygens (including phenoxy) is 1. The van der Waals surface area contributed by atoms with Crippen molar-refractivity contribution in [2.24, 2.45) is 5.92 Å². The molecule has 1 N–H and O–H groups in total. The lowest BCUT2D eigenvalue weighted by atomic mass is 9.78. The van der Waals surface area contributed by atoms with Gasteiger partial charge in [-0.25, -0.2) is 14.8 Å². The lowest BCUT2D eigenvalue weighted by Crippen LogP contribution is -2.39. The minimum absolute atomic E-state index is 0. The number of alkyl halides is 3. The summed E-state index contributed by atoms with van der Waals surface area (Å²) in [4.78, 5) is 22.0. The maximum atomic E-state index is 12.9. The van der Waals surface area contributed by atoms with Crippen molar-refractivity contribution in [2.45, 2.75) is 37.5 Å². The molecule has 0 aromatic carbocycles. The van der Waals surface area contributed by atoms with Gasteiger partial charge in [0, 0.05) is 24.5 Å². The van der Waals surface area contributed by atoms with Crippen LogP contribution in [0.4, 0.5) is 29.6 Å². The van der Waals surface area contributed by atoms with Gasteiger partial charge in [-0.05, 0) is 68.0 Å². The summed E-state index contributed by atoms with van der Waals surface area (Å²) >= 11 is 0. The van der Waals surface area contributed by atoms with Crippen LogP contribution in [0.3, 0.4) is 0 Å². The molecule has 0 atom stereocenters. The fourth-order valence-electron chi connectivity index (χ4n) is 4.56. The molecule has 8 nitrogen and oxygen atoms in total. The number of nitrogens with one attached hydrogen (secondary N) is 1. The number of halogens is 4. The van der Waals surface area contributed by atoms with Crippen LogP contribution in [0.2, 0.25) is 0 Å². The normalized spacial score (nSPS) is 21.7. The number of nitrogens with zero attached hydrogens (tertiary/aromatic N) is 5. The van der Waals surface area contributed by atoms with E-state index in [9.17, 15) is 18.0 Å². The summed E-state index contributed by atoms with van der Waals surface area (Å²) in [5, 5.41) is 11.2. The molecule has 190 valence electrons. The number of hydrogen-bond donors (Lipinski definition) is 1. The Morgan fingerprint density at radius 1 is 1.11 bits per heavy atom. The zero-order valence-corrected chi connectivity index (χ0v) is 19.9. The Bertz CT molecular complexity index is 1190. The van der Waals surface area contributed by atoms with E-state index in [2.05, 4.69) is 25.5 Å². The number of carbonyl (C=O) groups is 1. The molecule has 1 spiro atoms. The maximum Gasteiger partial charge on any atom is 0.433 e. The molecule has 3 aromatic heterocycles. The molecular weight excluding hydrogens is 497 g/mol. The largest absolute Gasteiger partial charge is 0.441 e. The SMILES string of the molecule is Cl.O=C1OC2(CCC(CNc3ccc(-c4cccc(C(F)(F)F)n4)cn3)CC2)CN1c1cccnn1. The number of pyridine rings is 2. The van der Waals surface area contributed by atoms with E-state index in [4.69, 9.17) is 4.74 Å². The second-order valence-electron chi connectivity index (χ2n) is 8.88. The molecular formula is C24H24ClF3N6O2. The minimum atomic E-state index is -4.49. The summed E-state index contributed by atoms with van der Waals surface area (Å²) in [5.74, 6) is 1.52. The topological polar surface area (TPSA) is 93.1 Å². The number of aromatic nitrogens is 4. The van der Waals surface area contributed by atoms with Gasteiger partial charge in [0.05, 0.1) is 12.2 Å². The molecule has 1 saturated carbocycles. The molecule has 4 heterocycles. The Morgan fingerprint density at radius 2 is 1.92 bits per heavy atom. The molecule has 0 unspecified atom stereocenters. The zero-order chi connectivity index (χ0) is 24.5. The second-order valence-corrected chi connectivity index (χ2v) is 8.88. The third-order valence-electron chi connectivity index (χ3n) is 6.49. The Balaban J connectivity index is 0.00000304. The number of anilines is 2. The molecule has 12 heteroatoms. The smallest absolute Gasteiger partial charge is 0.433 e. The molecule has 1 saturated heterocycles. The summed E-state index contributed by atoms with van der Waals surface area (Å²) in [6.45, 7) is 1.17. The van der Waals surface area contributed by atoms with E-state index in [1.807, 2.05) is 0 Å². The van der Waals surface area contributed by atoms with Crippen molar-refractivity contribution in [2.75, 3.05) is 23.3 Å². The molecule has 2 fully saturated rings. The fourth-order valence-corrected chi connectivity index (χ4v) is 4.56. The average molecular weight is 521 g/mol. The molecule has 3 aromatic rings. The Kier molecular flexibility index (Phi) is 7.30. The number of rotatable bonds is 5. The number of amides is 1. The average Bonchev–Trinajstić information content (AvgIpc) is 3.19. The minimum Gasteiger partial charge on any atom is -0.441 e. The van der Waals surface area contributed by atoms with Gasteiger partial charge in [-0.3, -0.25) is 4.90 Å². The van der Waals surface area contributed by atoms with Crippen LogP contribution in [-0.2, 0) is 10.9 Å². The van der Waals surface area contributed by atoms with Crippen LogP contribution >= 0.6 is 12.4 Å². The van der Waals surface area contributed by atoms with Crippen molar-refractivity contribution in [1.29, 1.82) is 0 Å². The van der Waals surface area contributed by atoms with Crippen molar-refractivity contribution in [3.63, 3.8) is 0 Å². The van der Waals surface area contributed by atoms with Crippen LogP contribution < -0.4 is 10.2 Å². The van der Waals surface area contributed by atoms with Gasteiger partial charge in [-0.2, -0.15) is 18.3 Å². The maximum absolute atomic E-state index is 12.9. The highest BCUT2D eigenvalue weighted by molar-refractivity contribution is 5.89. The summed E-state index contributed by atoms with van der Waals surface area (Å²) < 4.78 is 44.5. The molecule has 5 rings (SSSR count). The zero-order valence-electron chi connectivity index (χ0n) is 19.1. The molecule has 1 aliphatic carbocycles. The summed E-state index contributed by atoms with van der Waals surface area (Å²) in [7, 11) is 0. The van der Waals surface area contributed by atoms with Crippen LogP contribution in [-0.4, -0.2) is 44.9 Å². The molecule has 36 heavy (non-hydrogen) atoms. The fraction of sp³-hybridized carbons (Fsp3) is 0.375. The first-order valence-electron chi connectivity index (χ1n) is 11.3. The first-order chi connectivity index (χ1) is 16.8. The summed E-state index contributed by atoms with van der Waals surface area (Å²) in [6.07, 6.45) is 1.49. The lowest BCUT2D eigenvalue weighted by Gasteiger charge is -2.35. The van der Waals surface area contributed by atoms with Crippen LogP contribution in [0.5, 0.6) is 0 Å². The van der Waals surface area contributed by atoms with Gasteiger partial charge in [-0.1, -0.05) is 6.07 Å². The quantitative estimate of drug-likeness (QED) is 0.483. The van der Waals surface area contributed by atoms with E-state index in [0.717, 1.165) is 31.7 Å². The van der Waals surface area contributed by atoms with E-state index in [1.54, 1.807) is 30.5 Å². The predicted octanol–water partition coefficient (Wildman–Crippen LogP) is 5.37. The first kappa shape index (κ1) is 25.6. The highest BCUT2D eigenvalue weighted by Crippen LogP contribution is 2.40. The third kappa shape index (κ3) is 5.51. The second kappa shape index (κ2) is 10.3. The number of carbonyl (C=O) groups excluding carboxylic acids is 1. The van der Waals surface area contributed by atoms with Crippen molar-refractivity contribution in [3.05, 3.63) is 60.6 Å². The van der Waals surface area contributed by atoms with Crippen molar-refractivity contribution in [3.8, 4) is 11.3 Å². The third-order valence-corrected chi connectivity index (χ3v) is 6.49. The lowest BCUT2D eigenvalue weighted by molar-refractivity contribution is -0.141. The van der Waals surface area contributed by atoms with Gasteiger partial charge >= 0.3 is 12.3 Å².